The van der Waals surface area contributed by atoms with E-state index >= 15 is 0 Å². The fourth-order valence-electron chi connectivity index (χ4n) is 1.63. The molecule has 0 heterocycles. The second-order valence-corrected chi connectivity index (χ2v) is 4.55. The van der Waals surface area contributed by atoms with E-state index in [0.29, 0.717) is 12.5 Å². The number of hydrogen-bond acceptors (Lipinski definition) is 1. The molecule has 0 aliphatic heterocycles. The van der Waals surface area contributed by atoms with Gasteiger partial charge < -0.3 is 4.90 Å². The van der Waals surface area contributed by atoms with Crippen LogP contribution in [0.3, 0.4) is 0 Å². The predicted octanol–water partition coefficient (Wildman–Crippen LogP) is 2.82. The van der Waals surface area contributed by atoms with Gasteiger partial charge in [0, 0.05) is 18.0 Å². The Morgan fingerprint density at radius 1 is 1.31 bits per heavy atom. The highest BCUT2D eigenvalue weighted by Gasteiger charge is 2.28. The van der Waals surface area contributed by atoms with Gasteiger partial charge in [0.2, 0.25) is 5.91 Å². The quantitative estimate of drug-likeness (QED) is 0.662. The van der Waals surface area contributed by atoms with E-state index in [-0.39, 0.29) is 11.4 Å². The third kappa shape index (κ3) is 3.37. The third-order valence-electron chi connectivity index (χ3n) is 2.33. The van der Waals surface area contributed by atoms with Gasteiger partial charge in [0.15, 0.2) is 0 Å². The molecule has 13 heavy (non-hydrogen) atoms. The van der Waals surface area contributed by atoms with Crippen LogP contribution in [-0.4, -0.2) is 22.4 Å². The zero-order valence-electron chi connectivity index (χ0n) is 9.85. The normalized spacial score (nSPS) is 14.0. The second kappa shape index (κ2) is 4.64. The molecule has 0 N–H and O–H groups in total. The highest BCUT2D eigenvalue weighted by atomic mass is 16.2. The summed E-state index contributed by atoms with van der Waals surface area (Å²) in [4.78, 5) is 13.7. The molecule has 0 saturated carbocycles. The lowest BCUT2D eigenvalue weighted by Crippen LogP contribution is -2.50. The summed E-state index contributed by atoms with van der Waals surface area (Å²) in [6, 6.07) is 0.340. The van der Waals surface area contributed by atoms with Crippen LogP contribution in [0.4, 0.5) is 0 Å². The van der Waals surface area contributed by atoms with Gasteiger partial charge in [0.05, 0.1) is 0 Å². The third-order valence-corrected chi connectivity index (χ3v) is 2.33. The summed E-state index contributed by atoms with van der Waals surface area (Å²) in [5, 5.41) is 0. The van der Waals surface area contributed by atoms with Crippen LogP contribution < -0.4 is 0 Å². The Hall–Kier alpha value is -0.530. The molecule has 1 amide bonds. The van der Waals surface area contributed by atoms with Crippen LogP contribution in [0, 0.1) is 0 Å². The van der Waals surface area contributed by atoms with Crippen molar-refractivity contribution < 1.29 is 4.79 Å². The fourth-order valence-corrected chi connectivity index (χ4v) is 1.63. The molecule has 0 rings (SSSR count). The van der Waals surface area contributed by atoms with Crippen LogP contribution in [0.1, 0.15) is 54.4 Å². The van der Waals surface area contributed by atoms with Gasteiger partial charge in [-0.15, -0.1) is 0 Å². The van der Waals surface area contributed by atoms with Crippen LogP contribution in [0.5, 0.6) is 0 Å². The van der Waals surface area contributed by atoms with Gasteiger partial charge in [-0.2, -0.15) is 0 Å². The van der Waals surface area contributed by atoms with Crippen molar-refractivity contribution in [3.05, 3.63) is 0 Å². The van der Waals surface area contributed by atoms with Crippen LogP contribution in [0.15, 0.2) is 0 Å². The van der Waals surface area contributed by atoms with Gasteiger partial charge in [-0.3, -0.25) is 4.79 Å². The highest BCUT2D eigenvalue weighted by molar-refractivity contribution is 5.76. The smallest absolute Gasteiger partial charge is 0.222 e. The fraction of sp³-hybridized carbons (Fsp3) is 0.909. The summed E-state index contributed by atoms with van der Waals surface area (Å²) in [6.45, 7) is 12.4. The van der Waals surface area contributed by atoms with E-state index in [0.717, 1.165) is 6.42 Å². The number of carbonyl (C=O) groups is 1. The topological polar surface area (TPSA) is 20.3 Å². The molecular formula is C11H23NO. The standard InChI is InChI=1S/C11H23NO/c1-7-9(3)12(10(13)8-2)11(4,5)6/h9H,7-8H2,1-6H3. The Balaban J connectivity index is 4.65. The molecule has 0 aromatic rings. The Morgan fingerprint density at radius 2 is 1.77 bits per heavy atom. The Morgan fingerprint density at radius 3 is 2.00 bits per heavy atom. The minimum atomic E-state index is -0.0531. The second-order valence-electron chi connectivity index (χ2n) is 4.55. The van der Waals surface area contributed by atoms with Crippen molar-refractivity contribution in [1.29, 1.82) is 0 Å². The molecule has 0 aliphatic rings. The molecule has 78 valence electrons. The minimum Gasteiger partial charge on any atom is -0.335 e. The van der Waals surface area contributed by atoms with Crippen LogP contribution in [-0.2, 0) is 4.79 Å². The summed E-state index contributed by atoms with van der Waals surface area (Å²) < 4.78 is 0. The first kappa shape index (κ1) is 12.5. The van der Waals surface area contributed by atoms with Crippen LogP contribution >= 0.6 is 0 Å². The van der Waals surface area contributed by atoms with E-state index in [2.05, 4.69) is 34.6 Å². The molecule has 0 aliphatic carbocycles. The maximum Gasteiger partial charge on any atom is 0.222 e. The van der Waals surface area contributed by atoms with Gasteiger partial charge in [-0.1, -0.05) is 13.8 Å². The first-order valence-electron chi connectivity index (χ1n) is 5.16. The summed E-state index contributed by atoms with van der Waals surface area (Å²) in [7, 11) is 0. The van der Waals surface area contributed by atoms with Crippen molar-refractivity contribution in [3.8, 4) is 0 Å². The van der Waals surface area contributed by atoms with Crippen molar-refractivity contribution in [2.75, 3.05) is 0 Å². The van der Waals surface area contributed by atoms with Crippen molar-refractivity contribution in [1.82, 2.24) is 4.90 Å². The molecule has 2 heteroatoms. The zero-order chi connectivity index (χ0) is 10.6. The van der Waals surface area contributed by atoms with E-state index in [4.69, 9.17) is 0 Å². The summed E-state index contributed by atoms with van der Waals surface area (Å²) in [5.41, 5.74) is -0.0531. The van der Waals surface area contributed by atoms with E-state index in [1.54, 1.807) is 0 Å². The first-order valence-corrected chi connectivity index (χ1v) is 5.16. The summed E-state index contributed by atoms with van der Waals surface area (Å²) >= 11 is 0. The van der Waals surface area contributed by atoms with Crippen molar-refractivity contribution >= 4 is 5.91 Å². The zero-order valence-corrected chi connectivity index (χ0v) is 9.85. The first-order chi connectivity index (χ1) is 5.84. The Labute approximate surface area is 82.3 Å². The molecule has 0 bridgehead atoms. The van der Waals surface area contributed by atoms with Gasteiger partial charge in [-0.25, -0.2) is 0 Å². The van der Waals surface area contributed by atoms with E-state index < -0.39 is 0 Å². The Kier molecular flexibility index (Phi) is 4.45. The van der Waals surface area contributed by atoms with Gasteiger partial charge >= 0.3 is 0 Å². The monoisotopic (exact) mass is 185 g/mol. The summed E-state index contributed by atoms with van der Waals surface area (Å²) in [5.74, 6) is 0.252. The molecule has 0 radical (unpaired) electrons. The lowest BCUT2D eigenvalue weighted by atomic mass is 10.0. The Bertz CT molecular complexity index is 169. The molecule has 1 unspecified atom stereocenters. The predicted molar refractivity (Wildman–Crippen MR) is 56.6 cm³/mol. The van der Waals surface area contributed by atoms with E-state index in [1.165, 1.54) is 0 Å². The molecule has 0 aromatic heterocycles. The maximum atomic E-state index is 11.7. The summed E-state index contributed by atoms with van der Waals surface area (Å²) in [6.07, 6.45) is 1.62. The number of carbonyl (C=O) groups excluding carboxylic acids is 1. The average Bonchev–Trinajstić information content (AvgIpc) is 2.01. The van der Waals surface area contributed by atoms with Crippen molar-refractivity contribution in [2.24, 2.45) is 0 Å². The molecule has 0 aromatic carbocycles. The van der Waals surface area contributed by atoms with Crippen LogP contribution in [0.2, 0.25) is 0 Å². The average molecular weight is 185 g/mol. The molecule has 0 saturated heterocycles. The van der Waals surface area contributed by atoms with Crippen molar-refractivity contribution in [2.45, 2.75) is 66.0 Å². The van der Waals surface area contributed by atoms with E-state index in [1.807, 2.05) is 11.8 Å². The molecule has 0 fully saturated rings. The van der Waals surface area contributed by atoms with Gasteiger partial charge in [-0.05, 0) is 34.1 Å². The largest absolute Gasteiger partial charge is 0.335 e. The number of rotatable bonds is 3. The lowest BCUT2D eigenvalue weighted by molar-refractivity contribution is -0.138. The number of nitrogens with zero attached hydrogens (tertiary/aromatic N) is 1. The van der Waals surface area contributed by atoms with E-state index in [9.17, 15) is 4.79 Å². The van der Waals surface area contributed by atoms with Crippen LogP contribution in [0.25, 0.3) is 0 Å². The number of amides is 1. The van der Waals surface area contributed by atoms with Gasteiger partial charge in [0.25, 0.3) is 0 Å². The molecular weight excluding hydrogens is 162 g/mol. The van der Waals surface area contributed by atoms with Gasteiger partial charge in [0.1, 0.15) is 0 Å². The number of hydrogen-bond donors (Lipinski definition) is 0. The maximum absolute atomic E-state index is 11.7. The molecule has 2 nitrogen and oxygen atoms in total. The molecule has 1 atom stereocenters. The lowest BCUT2D eigenvalue weighted by Gasteiger charge is -2.40. The highest BCUT2D eigenvalue weighted by Crippen LogP contribution is 2.19. The SMILES string of the molecule is CCC(=O)N(C(C)CC)C(C)(C)C. The minimum absolute atomic E-state index is 0.0531. The van der Waals surface area contributed by atoms with Crippen molar-refractivity contribution in [3.63, 3.8) is 0 Å². The molecule has 0 spiro atoms.